The van der Waals surface area contributed by atoms with Gasteiger partial charge in [-0.1, -0.05) is 0 Å². The Labute approximate surface area is 138 Å². The number of sulfonamides is 1. The highest BCUT2D eigenvalue weighted by molar-refractivity contribution is 9.10. The minimum atomic E-state index is -3.56. The van der Waals surface area contributed by atoms with Gasteiger partial charge in [-0.3, -0.25) is 0 Å². The fourth-order valence-corrected chi connectivity index (χ4v) is 5.49. The van der Waals surface area contributed by atoms with E-state index in [0.717, 1.165) is 17.9 Å². The van der Waals surface area contributed by atoms with Crippen molar-refractivity contribution in [1.82, 2.24) is 4.31 Å². The topological polar surface area (TPSA) is 72.6 Å². The summed E-state index contributed by atoms with van der Waals surface area (Å²) in [6, 6.07) is 4.78. The standard InChI is InChI=1S/C13H19BrN2O3S2/c1-19-6-5-16(10-4-7-20-9-10)21(17,18)11-2-3-12(14)13(15)8-11/h2-3,8,10H,4-7,9,15H2,1H3. The van der Waals surface area contributed by atoms with Gasteiger partial charge in [0.05, 0.1) is 11.5 Å². The predicted octanol–water partition coefficient (Wildman–Crippen LogP) is 2.17. The van der Waals surface area contributed by atoms with Crippen LogP contribution in [0.15, 0.2) is 27.6 Å². The second-order valence-corrected chi connectivity index (χ2v) is 8.70. The molecule has 0 aromatic heterocycles. The van der Waals surface area contributed by atoms with Crippen LogP contribution in [0.25, 0.3) is 0 Å². The summed E-state index contributed by atoms with van der Waals surface area (Å²) < 4.78 is 33.1. The lowest BCUT2D eigenvalue weighted by atomic mass is 10.3. The average molecular weight is 395 g/mol. The Morgan fingerprint density at radius 2 is 2.29 bits per heavy atom. The number of benzene rings is 1. The van der Waals surface area contributed by atoms with Crippen LogP contribution >= 0.6 is 27.7 Å². The maximum Gasteiger partial charge on any atom is 0.243 e. The molecule has 1 aliphatic heterocycles. The van der Waals surface area contributed by atoms with Gasteiger partial charge in [0.1, 0.15) is 0 Å². The molecule has 0 amide bonds. The first kappa shape index (κ1) is 17.1. The van der Waals surface area contributed by atoms with Crippen LogP contribution in [-0.4, -0.2) is 50.5 Å². The maximum absolute atomic E-state index is 12.9. The lowest BCUT2D eigenvalue weighted by Crippen LogP contribution is -2.42. The Kier molecular flexibility index (Phi) is 5.96. The van der Waals surface area contributed by atoms with Crippen LogP contribution < -0.4 is 5.73 Å². The van der Waals surface area contributed by atoms with E-state index >= 15 is 0 Å². The molecule has 1 aromatic rings. The van der Waals surface area contributed by atoms with Crippen molar-refractivity contribution in [3.05, 3.63) is 22.7 Å². The first-order valence-electron chi connectivity index (χ1n) is 6.60. The highest BCUT2D eigenvalue weighted by atomic mass is 79.9. The number of thioether (sulfide) groups is 1. The number of ether oxygens (including phenoxy) is 1. The minimum Gasteiger partial charge on any atom is -0.398 e. The highest BCUT2D eigenvalue weighted by Gasteiger charge is 2.33. The molecule has 1 heterocycles. The summed E-state index contributed by atoms with van der Waals surface area (Å²) in [5.74, 6) is 1.82. The Bertz CT molecular complexity index is 589. The van der Waals surface area contributed by atoms with Gasteiger partial charge in [0.2, 0.25) is 10.0 Å². The quantitative estimate of drug-likeness (QED) is 0.748. The fraction of sp³-hybridized carbons (Fsp3) is 0.538. The van der Waals surface area contributed by atoms with Gasteiger partial charge in [0.15, 0.2) is 0 Å². The van der Waals surface area contributed by atoms with Crippen molar-refractivity contribution in [2.75, 3.05) is 37.5 Å². The van der Waals surface area contributed by atoms with E-state index in [1.807, 2.05) is 0 Å². The third-order valence-corrected chi connectivity index (χ3v) is 7.22. The number of nitrogens with zero attached hydrogens (tertiary/aromatic N) is 1. The summed E-state index contributed by atoms with van der Waals surface area (Å²) in [4.78, 5) is 0.233. The number of hydrogen-bond donors (Lipinski definition) is 1. The Morgan fingerprint density at radius 3 is 2.86 bits per heavy atom. The van der Waals surface area contributed by atoms with Crippen molar-refractivity contribution in [2.45, 2.75) is 17.4 Å². The molecule has 0 aliphatic carbocycles. The molecule has 1 saturated heterocycles. The lowest BCUT2D eigenvalue weighted by molar-refractivity contribution is 0.169. The normalized spacial score (nSPS) is 19.3. The van der Waals surface area contributed by atoms with Crippen molar-refractivity contribution in [1.29, 1.82) is 0 Å². The largest absolute Gasteiger partial charge is 0.398 e. The number of halogens is 1. The summed E-state index contributed by atoms with van der Waals surface area (Å²) in [7, 11) is -1.98. The van der Waals surface area contributed by atoms with Crippen LogP contribution in [-0.2, 0) is 14.8 Å². The fourth-order valence-electron chi connectivity index (χ4n) is 2.25. The van der Waals surface area contributed by atoms with Gasteiger partial charge in [-0.2, -0.15) is 16.1 Å². The maximum atomic E-state index is 12.9. The molecule has 21 heavy (non-hydrogen) atoms. The monoisotopic (exact) mass is 394 g/mol. The number of anilines is 1. The van der Waals surface area contributed by atoms with Crippen molar-refractivity contribution in [2.24, 2.45) is 0 Å². The molecule has 0 radical (unpaired) electrons. The molecule has 0 bridgehead atoms. The molecule has 5 nitrogen and oxygen atoms in total. The van der Waals surface area contributed by atoms with Gasteiger partial charge in [0.25, 0.3) is 0 Å². The molecule has 0 saturated carbocycles. The van der Waals surface area contributed by atoms with E-state index in [1.54, 1.807) is 35.3 Å². The molecule has 1 atom stereocenters. The molecule has 2 rings (SSSR count). The molecule has 1 fully saturated rings. The molecule has 1 aromatic carbocycles. The first-order chi connectivity index (χ1) is 9.96. The van der Waals surface area contributed by atoms with Crippen LogP contribution in [0.5, 0.6) is 0 Å². The van der Waals surface area contributed by atoms with Gasteiger partial charge in [-0.15, -0.1) is 0 Å². The SMILES string of the molecule is COCCN(C1CCSC1)S(=O)(=O)c1ccc(Br)c(N)c1. The Balaban J connectivity index is 2.33. The Morgan fingerprint density at radius 1 is 1.52 bits per heavy atom. The average Bonchev–Trinajstić information content (AvgIpc) is 2.96. The molecule has 118 valence electrons. The number of nitrogens with two attached hydrogens (primary N) is 1. The summed E-state index contributed by atoms with van der Waals surface area (Å²) in [5, 5.41) is 0. The molecule has 8 heteroatoms. The highest BCUT2D eigenvalue weighted by Crippen LogP contribution is 2.29. The molecular formula is C13H19BrN2O3S2. The van der Waals surface area contributed by atoms with Gasteiger partial charge in [-0.25, -0.2) is 8.42 Å². The molecule has 0 spiro atoms. The number of methoxy groups -OCH3 is 1. The van der Waals surface area contributed by atoms with Crippen LogP contribution in [0.1, 0.15) is 6.42 Å². The second kappa shape index (κ2) is 7.32. The second-order valence-electron chi connectivity index (χ2n) is 4.81. The van der Waals surface area contributed by atoms with Gasteiger partial charge < -0.3 is 10.5 Å². The predicted molar refractivity (Wildman–Crippen MR) is 90.1 cm³/mol. The number of nitrogen functional groups attached to an aromatic ring is 1. The van der Waals surface area contributed by atoms with E-state index in [9.17, 15) is 8.42 Å². The van der Waals surface area contributed by atoms with Crippen molar-refractivity contribution in [3.63, 3.8) is 0 Å². The van der Waals surface area contributed by atoms with Gasteiger partial charge >= 0.3 is 0 Å². The summed E-state index contributed by atoms with van der Waals surface area (Å²) >= 11 is 5.07. The molecular weight excluding hydrogens is 376 g/mol. The molecule has 2 N–H and O–H groups in total. The van der Waals surface area contributed by atoms with E-state index in [4.69, 9.17) is 10.5 Å². The van der Waals surface area contributed by atoms with E-state index in [-0.39, 0.29) is 10.9 Å². The third-order valence-electron chi connectivity index (χ3n) is 3.40. The smallest absolute Gasteiger partial charge is 0.243 e. The Hall–Kier alpha value is -0.280. The lowest BCUT2D eigenvalue weighted by Gasteiger charge is -2.27. The number of rotatable bonds is 6. The van der Waals surface area contributed by atoms with E-state index in [0.29, 0.717) is 23.3 Å². The van der Waals surface area contributed by atoms with E-state index < -0.39 is 10.0 Å². The summed E-state index contributed by atoms with van der Waals surface area (Å²) in [6.07, 6.45) is 0.875. The summed E-state index contributed by atoms with van der Waals surface area (Å²) in [6.45, 7) is 0.742. The van der Waals surface area contributed by atoms with Gasteiger partial charge in [-0.05, 0) is 46.3 Å². The zero-order valence-electron chi connectivity index (χ0n) is 11.8. The van der Waals surface area contributed by atoms with Crippen molar-refractivity contribution < 1.29 is 13.2 Å². The van der Waals surface area contributed by atoms with Gasteiger partial charge in [0, 0.05) is 35.6 Å². The first-order valence-corrected chi connectivity index (χ1v) is 9.99. The third kappa shape index (κ3) is 3.92. The zero-order valence-corrected chi connectivity index (χ0v) is 15.0. The van der Waals surface area contributed by atoms with E-state index in [2.05, 4.69) is 15.9 Å². The minimum absolute atomic E-state index is 0.0278. The number of hydrogen-bond acceptors (Lipinski definition) is 5. The van der Waals surface area contributed by atoms with Crippen molar-refractivity contribution >= 4 is 43.4 Å². The zero-order chi connectivity index (χ0) is 15.5. The molecule has 1 aliphatic rings. The van der Waals surface area contributed by atoms with Crippen LogP contribution in [0.4, 0.5) is 5.69 Å². The van der Waals surface area contributed by atoms with Crippen molar-refractivity contribution in [3.8, 4) is 0 Å². The van der Waals surface area contributed by atoms with Crippen LogP contribution in [0.2, 0.25) is 0 Å². The van der Waals surface area contributed by atoms with Crippen LogP contribution in [0.3, 0.4) is 0 Å². The van der Waals surface area contributed by atoms with E-state index in [1.165, 1.54) is 6.07 Å². The van der Waals surface area contributed by atoms with Crippen LogP contribution in [0, 0.1) is 0 Å². The molecule has 1 unspecified atom stereocenters. The summed E-state index contributed by atoms with van der Waals surface area (Å²) in [5.41, 5.74) is 6.23.